The summed E-state index contributed by atoms with van der Waals surface area (Å²) in [5, 5.41) is 1.82. The number of rotatable bonds is 4. The molecular formula is C20H20F3N5OS. The van der Waals surface area contributed by atoms with E-state index >= 15 is 0 Å². The number of thiazole rings is 1. The van der Waals surface area contributed by atoms with Gasteiger partial charge >= 0.3 is 11.0 Å². The average molecular weight is 435 g/mol. The second-order valence-corrected chi connectivity index (χ2v) is 7.85. The van der Waals surface area contributed by atoms with Gasteiger partial charge in [-0.05, 0) is 30.7 Å². The highest BCUT2D eigenvalue weighted by atomic mass is 32.1. The Morgan fingerprint density at radius 2 is 1.90 bits per heavy atom. The molecule has 10 heteroatoms. The predicted molar refractivity (Wildman–Crippen MR) is 109 cm³/mol. The Morgan fingerprint density at radius 3 is 2.60 bits per heavy atom. The molecule has 6 nitrogen and oxygen atoms in total. The number of nitrogens with zero attached hydrogens (tertiary/aromatic N) is 5. The Balaban J connectivity index is 1.45. The molecule has 3 aromatic rings. The van der Waals surface area contributed by atoms with Gasteiger partial charge in [-0.2, -0.15) is 13.2 Å². The molecule has 0 radical (unpaired) electrons. The minimum atomic E-state index is -4.39. The highest BCUT2D eigenvalue weighted by molar-refractivity contribution is 7.07. The molecule has 0 N–H and O–H groups in total. The zero-order valence-corrected chi connectivity index (χ0v) is 16.9. The molecule has 4 rings (SSSR count). The van der Waals surface area contributed by atoms with Crippen LogP contribution >= 0.6 is 11.3 Å². The lowest BCUT2D eigenvalue weighted by atomic mass is 10.2. The van der Waals surface area contributed by atoms with Gasteiger partial charge in [0.1, 0.15) is 5.82 Å². The van der Waals surface area contributed by atoms with Crippen molar-refractivity contribution in [2.45, 2.75) is 19.3 Å². The van der Waals surface area contributed by atoms with Crippen LogP contribution < -0.4 is 9.77 Å². The zero-order valence-electron chi connectivity index (χ0n) is 16.0. The van der Waals surface area contributed by atoms with Crippen LogP contribution in [0.1, 0.15) is 12.0 Å². The lowest BCUT2D eigenvalue weighted by Gasteiger charge is -2.23. The minimum Gasteiger partial charge on any atom is -0.355 e. The summed E-state index contributed by atoms with van der Waals surface area (Å²) in [6.07, 6.45) is -0.995. The minimum absolute atomic E-state index is 0.0406. The summed E-state index contributed by atoms with van der Waals surface area (Å²) in [5.41, 5.74) is 0.791. The van der Waals surface area contributed by atoms with Crippen LogP contribution in [0.25, 0.3) is 11.4 Å². The third kappa shape index (κ3) is 4.54. The molecule has 1 aliphatic rings. The molecule has 4 heterocycles. The van der Waals surface area contributed by atoms with Crippen LogP contribution in [-0.2, 0) is 12.8 Å². The summed E-state index contributed by atoms with van der Waals surface area (Å²) in [5.74, 6) is 0.534. The summed E-state index contributed by atoms with van der Waals surface area (Å²) in [6.45, 7) is 3.22. The molecular weight excluding hydrogens is 415 g/mol. The van der Waals surface area contributed by atoms with Gasteiger partial charge in [-0.15, -0.1) is 0 Å². The Labute approximate surface area is 175 Å². The first-order chi connectivity index (χ1) is 14.4. The maximum Gasteiger partial charge on any atom is 0.417 e. The molecule has 0 spiro atoms. The SMILES string of the molecule is O=c1scc(-c2ccccn2)n1CN1CCCN(c2ccc(C(F)(F)F)cn2)CC1. The number of alkyl halides is 3. The second-order valence-electron chi connectivity index (χ2n) is 7.03. The fourth-order valence-corrected chi connectivity index (χ4v) is 4.20. The van der Waals surface area contributed by atoms with Crippen molar-refractivity contribution in [2.24, 2.45) is 0 Å². The van der Waals surface area contributed by atoms with Gasteiger partial charge in [0.25, 0.3) is 0 Å². The van der Waals surface area contributed by atoms with Crippen molar-refractivity contribution in [3.63, 3.8) is 0 Å². The van der Waals surface area contributed by atoms with E-state index in [1.54, 1.807) is 10.8 Å². The van der Waals surface area contributed by atoms with Crippen molar-refractivity contribution in [1.29, 1.82) is 0 Å². The van der Waals surface area contributed by atoms with Crippen LogP contribution in [0.4, 0.5) is 19.0 Å². The quantitative estimate of drug-likeness (QED) is 0.627. The molecule has 0 aliphatic carbocycles. The van der Waals surface area contributed by atoms with Gasteiger partial charge in [0.05, 0.1) is 23.6 Å². The Morgan fingerprint density at radius 1 is 1.03 bits per heavy atom. The molecule has 0 atom stereocenters. The molecule has 1 saturated heterocycles. The van der Waals surface area contributed by atoms with E-state index in [9.17, 15) is 18.0 Å². The summed E-state index contributed by atoms with van der Waals surface area (Å²) in [7, 11) is 0. The Bertz CT molecular complexity index is 1030. The summed E-state index contributed by atoms with van der Waals surface area (Å²) >= 11 is 1.15. The van der Waals surface area contributed by atoms with Crippen LogP contribution in [0, 0.1) is 0 Å². The first kappa shape index (κ1) is 20.5. The van der Waals surface area contributed by atoms with Gasteiger partial charge in [-0.25, -0.2) is 4.98 Å². The highest BCUT2D eigenvalue weighted by Gasteiger charge is 2.31. The molecule has 0 saturated carbocycles. The molecule has 1 fully saturated rings. The van der Waals surface area contributed by atoms with Crippen LogP contribution in [0.15, 0.2) is 52.9 Å². The van der Waals surface area contributed by atoms with Crippen LogP contribution in [-0.4, -0.2) is 45.6 Å². The maximum absolute atomic E-state index is 12.8. The first-order valence-electron chi connectivity index (χ1n) is 9.52. The molecule has 158 valence electrons. The number of aromatic nitrogens is 3. The topological polar surface area (TPSA) is 54.3 Å². The van der Waals surface area contributed by atoms with Crippen molar-refractivity contribution < 1.29 is 13.2 Å². The normalized spacial score (nSPS) is 15.9. The van der Waals surface area contributed by atoms with Gasteiger partial charge in [0.2, 0.25) is 0 Å². The predicted octanol–water partition coefficient (Wildman–Crippen LogP) is 3.56. The van der Waals surface area contributed by atoms with E-state index < -0.39 is 11.7 Å². The van der Waals surface area contributed by atoms with E-state index in [1.165, 1.54) is 6.07 Å². The van der Waals surface area contributed by atoms with E-state index in [0.717, 1.165) is 48.0 Å². The molecule has 0 unspecified atom stereocenters. The molecule has 30 heavy (non-hydrogen) atoms. The Kier molecular flexibility index (Phi) is 5.87. The van der Waals surface area contributed by atoms with E-state index in [2.05, 4.69) is 14.9 Å². The lowest BCUT2D eigenvalue weighted by Crippen LogP contribution is -2.34. The van der Waals surface area contributed by atoms with Crippen molar-refractivity contribution in [1.82, 2.24) is 19.4 Å². The molecule has 0 amide bonds. The summed E-state index contributed by atoms with van der Waals surface area (Å²) in [4.78, 5) is 24.8. The van der Waals surface area contributed by atoms with Crippen LogP contribution in [0.2, 0.25) is 0 Å². The molecule has 3 aromatic heterocycles. The van der Waals surface area contributed by atoms with Gasteiger partial charge in [-0.3, -0.25) is 19.2 Å². The monoisotopic (exact) mass is 435 g/mol. The fourth-order valence-electron chi connectivity index (χ4n) is 3.46. The zero-order chi connectivity index (χ0) is 21.1. The standard InChI is InChI=1S/C20H20F3N5OS/c21-20(22,23)15-5-6-18(25-12-15)27-9-3-8-26(10-11-27)14-28-17(13-30-19(28)29)16-4-1-2-7-24-16/h1-2,4-7,12-13H,3,8-11,14H2. The summed E-state index contributed by atoms with van der Waals surface area (Å²) < 4.78 is 40.0. The first-order valence-corrected chi connectivity index (χ1v) is 10.4. The number of pyridine rings is 2. The molecule has 0 bridgehead atoms. The number of anilines is 1. The highest BCUT2D eigenvalue weighted by Crippen LogP contribution is 2.29. The van der Waals surface area contributed by atoms with Crippen molar-refractivity contribution in [2.75, 3.05) is 31.1 Å². The fraction of sp³-hybridized carbons (Fsp3) is 0.350. The van der Waals surface area contributed by atoms with E-state index in [4.69, 9.17) is 0 Å². The molecule has 1 aliphatic heterocycles. The van der Waals surface area contributed by atoms with Gasteiger partial charge < -0.3 is 4.90 Å². The Hall–Kier alpha value is -2.72. The van der Waals surface area contributed by atoms with Crippen LogP contribution in [0.5, 0.6) is 0 Å². The van der Waals surface area contributed by atoms with Crippen molar-refractivity contribution in [3.8, 4) is 11.4 Å². The van der Waals surface area contributed by atoms with E-state index in [-0.39, 0.29) is 4.87 Å². The third-order valence-corrected chi connectivity index (χ3v) is 5.80. The van der Waals surface area contributed by atoms with E-state index in [1.807, 2.05) is 28.5 Å². The second kappa shape index (κ2) is 8.57. The van der Waals surface area contributed by atoms with Gasteiger partial charge in [-0.1, -0.05) is 17.4 Å². The lowest BCUT2D eigenvalue weighted by molar-refractivity contribution is -0.137. The maximum atomic E-state index is 12.8. The van der Waals surface area contributed by atoms with Crippen LogP contribution in [0.3, 0.4) is 0 Å². The summed E-state index contributed by atoms with van der Waals surface area (Å²) in [6, 6.07) is 8.07. The van der Waals surface area contributed by atoms with E-state index in [0.29, 0.717) is 32.1 Å². The number of hydrogen-bond donors (Lipinski definition) is 0. The average Bonchev–Trinajstić information content (AvgIpc) is 2.95. The largest absolute Gasteiger partial charge is 0.417 e. The number of halogens is 3. The smallest absolute Gasteiger partial charge is 0.355 e. The van der Waals surface area contributed by atoms with Crippen molar-refractivity contribution >= 4 is 17.2 Å². The van der Waals surface area contributed by atoms with Crippen molar-refractivity contribution in [3.05, 3.63) is 63.3 Å². The molecule has 0 aromatic carbocycles. The number of hydrogen-bond acceptors (Lipinski definition) is 6. The van der Waals surface area contributed by atoms with Gasteiger partial charge in [0, 0.05) is 44.0 Å². The van der Waals surface area contributed by atoms with Gasteiger partial charge in [0.15, 0.2) is 0 Å². The third-order valence-electron chi connectivity index (χ3n) is 5.04.